The largest absolute Gasteiger partial charge is 0.398 e. The summed E-state index contributed by atoms with van der Waals surface area (Å²) >= 11 is 3.46. The van der Waals surface area contributed by atoms with E-state index < -0.39 is 0 Å². The van der Waals surface area contributed by atoms with Crippen molar-refractivity contribution in [3.05, 3.63) is 28.2 Å². The summed E-state index contributed by atoms with van der Waals surface area (Å²) in [4.78, 5) is 0. The SMILES string of the molecule is CCC(C)(C)OCc1cccc(N)c1Br. The first-order chi connectivity index (χ1) is 6.96. The number of anilines is 1. The zero-order valence-corrected chi connectivity index (χ0v) is 11.1. The molecule has 1 rings (SSSR count). The molecule has 0 heterocycles. The highest BCUT2D eigenvalue weighted by Crippen LogP contribution is 2.26. The maximum absolute atomic E-state index is 5.81. The Kier molecular flexibility index (Phi) is 4.17. The van der Waals surface area contributed by atoms with Gasteiger partial charge in [0, 0.05) is 10.2 Å². The third kappa shape index (κ3) is 3.50. The summed E-state index contributed by atoms with van der Waals surface area (Å²) in [6.45, 7) is 6.89. The molecule has 0 saturated carbocycles. The van der Waals surface area contributed by atoms with Crippen LogP contribution in [0.4, 0.5) is 5.69 Å². The smallest absolute Gasteiger partial charge is 0.0735 e. The third-order valence-corrected chi connectivity index (χ3v) is 3.55. The number of benzene rings is 1. The molecule has 0 bridgehead atoms. The van der Waals surface area contributed by atoms with E-state index in [9.17, 15) is 0 Å². The van der Waals surface area contributed by atoms with Crippen molar-refractivity contribution in [2.75, 3.05) is 5.73 Å². The molecule has 0 saturated heterocycles. The maximum Gasteiger partial charge on any atom is 0.0735 e. The fraction of sp³-hybridized carbons (Fsp3) is 0.500. The lowest BCUT2D eigenvalue weighted by molar-refractivity contribution is -0.0318. The van der Waals surface area contributed by atoms with Gasteiger partial charge in [-0.2, -0.15) is 0 Å². The minimum atomic E-state index is -0.0793. The quantitative estimate of drug-likeness (QED) is 0.847. The molecule has 0 aliphatic heterocycles. The predicted octanol–water partition coefficient (Wildman–Crippen LogP) is 3.74. The maximum atomic E-state index is 5.81. The lowest BCUT2D eigenvalue weighted by Crippen LogP contribution is -2.22. The Morgan fingerprint density at radius 3 is 2.67 bits per heavy atom. The van der Waals surface area contributed by atoms with Gasteiger partial charge < -0.3 is 10.5 Å². The van der Waals surface area contributed by atoms with Gasteiger partial charge in [-0.25, -0.2) is 0 Å². The van der Waals surface area contributed by atoms with Crippen molar-refractivity contribution in [2.24, 2.45) is 0 Å². The molecule has 0 aliphatic carbocycles. The molecule has 15 heavy (non-hydrogen) atoms. The Bertz CT molecular complexity index is 336. The number of ether oxygens (including phenoxy) is 1. The normalized spacial score (nSPS) is 11.7. The average molecular weight is 272 g/mol. The fourth-order valence-electron chi connectivity index (χ4n) is 1.09. The Morgan fingerprint density at radius 1 is 1.40 bits per heavy atom. The second kappa shape index (κ2) is 4.99. The first kappa shape index (κ1) is 12.5. The van der Waals surface area contributed by atoms with Crippen molar-refractivity contribution < 1.29 is 4.74 Å². The number of rotatable bonds is 4. The van der Waals surface area contributed by atoms with Gasteiger partial charge in [-0.15, -0.1) is 0 Å². The summed E-state index contributed by atoms with van der Waals surface area (Å²) in [6, 6.07) is 5.84. The van der Waals surface area contributed by atoms with E-state index in [-0.39, 0.29) is 5.60 Å². The molecule has 0 fully saturated rings. The molecule has 84 valence electrons. The van der Waals surface area contributed by atoms with Gasteiger partial charge in [-0.1, -0.05) is 19.1 Å². The minimum Gasteiger partial charge on any atom is -0.398 e. The predicted molar refractivity (Wildman–Crippen MR) is 67.7 cm³/mol. The third-order valence-electron chi connectivity index (χ3n) is 2.58. The van der Waals surface area contributed by atoms with Crippen LogP contribution in [0.1, 0.15) is 32.8 Å². The number of nitrogen functional groups attached to an aromatic ring is 1. The summed E-state index contributed by atoms with van der Waals surface area (Å²) in [7, 11) is 0. The van der Waals surface area contributed by atoms with Gasteiger partial charge in [0.2, 0.25) is 0 Å². The molecule has 0 radical (unpaired) electrons. The highest BCUT2D eigenvalue weighted by atomic mass is 79.9. The van der Waals surface area contributed by atoms with Crippen LogP contribution in [0, 0.1) is 0 Å². The van der Waals surface area contributed by atoms with Crippen LogP contribution in [0.2, 0.25) is 0 Å². The number of nitrogens with two attached hydrogens (primary N) is 1. The molecule has 0 aliphatic rings. The van der Waals surface area contributed by atoms with Gasteiger partial charge in [0.05, 0.1) is 12.2 Å². The van der Waals surface area contributed by atoms with E-state index in [0.29, 0.717) is 6.61 Å². The van der Waals surface area contributed by atoms with Crippen LogP contribution < -0.4 is 5.73 Å². The van der Waals surface area contributed by atoms with Gasteiger partial charge in [0.15, 0.2) is 0 Å². The number of hydrogen-bond acceptors (Lipinski definition) is 2. The molecule has 2 N–H and O–H groups in total. The molecule has 0 atom stereocenters. The number of halogens is 1. The van der Waals surface area contributed by atoms with Crippen LogP contribution in [0.3, 0.4) is 0 Å². The van der Waals surface area contributed by atoms with E-state index in [2.05, 4.69) is 36.7 Å². The van der Waals surface area contributed by atoms with Crippen LogP contribution >= 0.6 is 15.9 Å². The fourth-order valence-corrected chi connectivity index (χ4v) is 1.47. The van der Waals surface area contributed by atoms with Crippen molar-refractivity contribution >= 4 is 21.6 Å². The summed E-state index contributed by atoms with van der Waals surface area (Å²) in [6.07, 6.45) is 0.993. The highest BCUT2D eigenvalue weighted by Gasteiger charge is 2.16. The molecular formula is C12H18BrNO. The molecule has 0 spiro atoms. The second-order valence-electron chi connectivity index (χ2n) is 4.22. The summed E-state index contributed by atoms with van der Waals surface area (Å²) in [5.41, 5.74) is 7.56. The Hall–Kier alpha value is -0.540. The van der Waals surface area contributed by atoms with Crippen LogP contribution in [-0.2, 0) is 11.3 Å². The van der Waals surface area contributed by atoms with Crippen molar-refractivity contribution in [2.45, 2.75) is 39.4 Å². The topological polar surface area (TPSA) is 35.2 Å². The van der Waals surface area contributed by atoms with Gasteiger partial charge in [-0.05, 0) is 47.8 Å². The molecule has 0 unspecified atom stereocenters. The van der Waals surface area contributed by atoms with Crippen molar-refractivity contribution in [3.8, 4) is 0 Å². The summed E-state index contributed by atoms with van der Waals surface area (Å²) in [5, 5.41) is 0. The van der Waals surface area contributed by atoms with Gasteiger partial charge >= 0.3 is 0 Å². The molecule has 1 aromatic rings. The van der Waals surface area contributed by atoms with Gasteiger partial charge in [-0.3, -0.25) is 0 Å². The first-order valence-electron chi connectivity index (χ1n) is 5.13. The molecule has 2 nitrogen and oxygen atoms in total. The molecule has 3 heteroatoms. The van der Waals surface area contributed by atoms with E-state index in [4.69, 9.17) is 10.5 Å². The van der Waals surface area contributed by atoms with Crippen molar-refractivity contribution in [1.82, 2.24) is 0 Å². The zero-order chi connectivity index (χ0) is 11.5. The second-order valence-corrected chi connectivity index (χ2v) is 5.02. The van der Waals surface area contributed by atoms with Gasteiger partial charge in [0.1, 0.15) is 0 Å². The number of hydrogen-bond donors (Lipinski definition) is 1. The molecule has 0 amide bonds. The van der Waals surface area contributed by atoms with E-state index >= 15 is 0 Å². The van der Waals surface area contributed by atoms with Crippen molar-refractivity contribution in [1.29, 1.82) is 0 Å². The van der Waals surface area contributed by atoms with Crippen LogP contribution in [0.25, 0.3) is 0 Å². The zero-order valence-electron chi connectivity index (χ0n) is 9.51. The van der Waals surface area contributed by atoms with E-state index in [1.54, 1.807) is 0 Å². The minimum absolute atomic E-state index is 0.0793. The summed E-state index contributed by atoms with van der Waals surface area (Å²) in [5.74, 6) is 0. The van der Waals surface area contributed by atoms with Crippen molar-refractivity contribution in [3.63, 3.8) is 0 Å². The standard InChI is InChI=1S/C12H18BrNO/c1-4-12(2,3)15-8-9-6-5-7-10(14)11(9)13/h5-7H,4,8,14H2,1-3H3. The lowest BCUT2D eigenvalue weighted by Gasteiger charge is -2.24. The molecular weight excluding hydrogens is 254 g/mol. The van der Waals surface area contributed by atoms with Gasteiger partial charge in [0.25, 0.3) is 0 Å². The van der Waals surface area contributed by atoms with E-state index in [1.165, 1.54) is 0 Å². The van der Waals surface area contributed by atoms with Crippen LogP contribution in [0.15, 0.2) is 22.7 Å². The highest BCUT2D eigenvalue weighted by molar-refractivity contribution is 9.10. The van der Waals surface area contributed by atoms with Crippen LogP contribution in [-0.4, -0.2) is 5.60 Å². The van der Waals surface area contributed by atoms with E-state index in [1.807, 2.05) is 18.2 Å². The molecule has 0 aromatic heterocycles. The molecule has 1 aromatic carbocycles. The average Bonchev–Trinajstić information content (AvgIpc) is 2.20. The Labute approximate surface area is 99.9 Å². The lowest BCUT2D eigenvalue weighted by atomic mass is 10.1. The summed E-state index contributed by atoms with van der Waals surface area (Å²) < 4.78 is 6.76. The Morgan fingerprint density at radius 2 is 2.07 bits per heavy atom. The van der Waals surface area contributed by atoms with Crippen LogP contribution in [0.5, 0.6) is 0 Å². The Balaban J connectivity index is 2.70. The first-order valence-corrected chi connectivity index (χ1v) is 5.92. The monoisotopic (exact) mass is 271 g/mol. The van der Waals surface area contributed by atoms with E-state index in [0.717, 1.165) is 22.1 Å².